The van der Waals surface area contributed by atoms with Crippen LogP contribution in [0.4, 0.5) is 0 Å². The van der Waals surface area contributed by atoms with Gasteiger partial charge in [0.05, 0.1) is 6.61 Å². The maximum absolute atomic E-state index is 11.5. The summed E-state index contributed by atoms with van der Waals surface area (Å²) in [5.74, 6) is -0.552. The Bertz CT molecular complexity index is 417. The first-order chi connectivity index (χ1) is 8.56. The third kappa shape index (κ3) is 3.81. The van der Waals surface area contributed by atoms with E-state index < -0.39 is 17.9 Å². The van der Waals surface area contributed by atoms with Gasteiger partial charge in [-0.3, -0.25) is 4.79 Å². The van der Waals surface area contributed by atoms with Crippen molar-refractivity contribution in [3.63, 3.8) is 0 Å². The van der Waals surface area contributed by atoms with Gasteiger partial charge in [0.1, 0.15) is 12.2 Å². The first-order valence-corrected chi connectivity index (χ1v) is 5.59. The molecule has 0 saturated carbocycles. The lowest BCUT2D eigenvalue weighted by Crippen LogP contribution is -2.47. The van der Waals surface area contributed by atoms with Crippen LogP contribution in [-0.4, -0.2) is 45.8 Å². The number of nitrogens with one attached hydrogen (secondary N) is 1. The molecule has 0 bridgehead atoms. The van der Waals surface area contributed by atoms with Gasteiger partial charge in [0.25, 0.3) is 0 Å². The van der Waals surface area contributed by atoms with Crippen LogP contribution in [0, 0.1) is 0 Å². The van der Waals surface area contributed by atoms with E-state index in [1.54, 1.807) is 17.8 Å². The molecule has 1 heterocycles. The van der Waals surface area contributed by atoms with Gasteiger partial charge in [0, 0.05) is 20.0 Å². The van der Waals surface area contributed by atoms with Gasteiger partial charge in [-0.2, -0.15) is 0 Å². The summed E-state index contributed by atoms with van der Waals surface area (Å²) < 4.78 is 6.39. The van der Waals surface area contributed by atoms with Gasteiger partial charge in [-0.25, -0.2) is 4.79 Å². The van der Waals surface area contributed by atoms with Crippen LogP contribution in [0.15, 0.2) is 6.33 Å². The minimum atomic E-state index is -1.29. The number of rotatable bonds is 6. The molecule has 1 aromatic heterocycles. The molecule has 0 saturated heterocycles. The highest BCUT2D eigenvalue weighted by atomic mass is 16.5. The molecule has 1 rings (SSSR count). The molecule has 0 aliphatic rings. The van der Waals surface area contributed by atoms with Gasteiger partial charge in [-0.15, -0.1) is 10.2 Å². The molecule has 0 aliphatic heterocycles. The van der Waals surface area contributed by atoms with E-state index in [2.05, 4.69) is 20.3 Å². The van der Waals surface area contributed by atoms with Crippen LogP contribution in [0.5, 0.6) is 0 Å². The average Bonchev–Trinajstić information content (AvgIpc) is 2.74. The monoisotopic (exact) mass is 255 g/mol. The topological polar surface area (TPSA) is 112 Å². The number of esters is 1. The Morgan fingerprint density at radius 1 is 1.61 bits per heavy atom. The van der Waals surface area contributed by atoms with E-state index in [1.807, 2.05) is 7.05 Å². The molecular formula is C10H17N5O3. The number of carbonyl (C=O) groups is 2. The first-order valence-electron chi connectivity index (χ1n) is 5.59. The zero-order chi connectivity index (χ0) is 13.5. The molecule has 0 radical (unpaired) electrons. The van der Waals surface area contributed by atoms with Crippen molar-refractivity contribution in [2.24, 2.45) is 12.8 Å². The van der Waals surface area contributed by atoms with Crippen LogP contribution in [0.1, 0.15) is 12.7 Å². The second kappa shape index (κ2) is 6.70. The molecular weight excluding hydrogens is 238 g/mol. The summed E-state index contributed by atoms with van der Waals surface area (Å²) >= 11 is 0. The Morgan fingerprint density at radius 2 is 2.33 bits per heavy atom. The van der Waals surface area contributed by atoms with Crippen molar-refractivity contribution in [1.82, 2.24) is 20.1 Å². The van der Waals surface area contributed by atoms with Crippen molar-refractivity contribution < 1.29 is 14.3 Å². The predicted molar refractivity (Wildman–Crippen MR) is 62.3 cm³/mol. The van der Waals surface area contributed by atoms with Crippen molar-refractivity contribution in [3.8, 4) is 0 Å². The number of nitrogens with two attached hydrogens (primary N) is 1. The molecule has 0 fully saturated rings. The lowest BCUT2D eigenvalue weighted by molar-refractivity contribution is -0.147. The number of aryl methyl sites for hydroxylation is 1. The van der Waals surface area contributed by atoms with E-state index in [0.29, 0.717) is 13.0 Å². The van der Waals surface area contributed by atoms with E-state index in [9.17, 15) is 9.59 Å². The van der Waals surface area contributed by atoms with Crippen LogP contribution in [0.25, 0.3) is 0 Å². The Labute approximate surface area is 105 Å². The third-order valence-electron chi connectivity index (χ3n) is 2.28. The van der Waals surface area contributed by atoms with Gasteiger partial charge >= 0.3 is 5.97 Å². The number of carbonyl (C=O) groups excluding carboxylic acids is 2. The van der Waals surface area contributed by atoms with Gasteiger partial charge in [0.2, 0.25) is 5.91 Å². The lowest BCUT2D eigenvalue weighted by Gasteiger charge is -2.10. The Kier molecular flexibility index (Phi) is 5.25. The number of amides is 1. The SMILES string of the molecule is CCOC(=O)C(N)C(=O)NCCc1nncn1C. The van der Waals surface area contributed by atoms with Crippen molar-refractivity contribution in [1.29, 1.82) is 0 Å². The number of hydrogen-bond donors (Lipinski definition) is 2. The van der Waals surface area contributed by atoms with Crippen molar-refractivity contribution in [2.75, 3.05) is 13.2 Å². The van der Waals surface area contributed by atoms with Crippen molar-refractivity contribution in [3.05, 3.63) is 12.2 Å². The van der Waals surface area contributed by atoms with Crippen molar-refractivity contribution >= 4 is 11.9 Å². The highest BCUT2D eigenvalue weighted by molar-refractivity contribution is 6.01. The predicted octanol–water partition coefficient (Wildman–Crippen LogP) is -1.64. The lowest BCUT2D eigenvalue weighted by atomic mass is 10.3. The molecule has 1 amide bonds. The zero-order valence-corrected chi connectivity index (χ0v) is 10.4. The normalized spacial score (nSPS) is 11.9. The van der Waals surface area contributed by atoms with Crippen LogP contribution in [0.2, 0.25) is 0 Å². The van der Waals surface area contributed by atoms with Crippen LogP contribution in [0.3, 0.4) is 0 Å². The summed E-state index contributed by atoms with van der Waals surface area (Å²) in [4.78, 5) is 22.7. The minimum Gasteiger partial charge on any atom is -0.464 e. The fraction of sp³-hybridized carbons (Fsp3) is 0.600. The molecule has 1 unspecified atom stereocenters. The quantitative estimate of drug-likeness (QED) is 0.466. The van der Waals surface area contributed by atoms with Gasteiger partial charge in [0.15, 0.2) is 6.04 Å². The van der Waals surface area contributed by atoms with Crippen molar-refractivity contribution in [2.45, 2.75) is 19.4 Å². The van der Waals surface area contributed by atoms with E-state index in [1.165, 1.54) is 0 Å². The van der Waals surface area contributed by atoms with Crippen LogP contribution >= 0.6 is 0 Å². The fourth-order valence-corrected chi connectivity index (χ4v) is 1.28. The van der Waals surface area contributed by atoms with Gasteiger partial charge in [-0.1, -0.05) is 0 Å². The molecule has 8 heteroatoms. The third-order valence-corrected chi connectivity index (χ3v) is 2.28. The maximum Gasteiger partial charge on any atom is 0.332 e. The summed E-state index contributed by atoms with van der Waals surface area (Å²) in [5, 5.41) is 10.1. The second-order valence-electron chi connectivity index (χ2n) is 3.63. The molecule has 8 nitrogen and oxygen atoms in total. The number of ether oxygens (including phenoxy) is 1. The Hall–Kier alpha value is -1.96. The molecule has 100 valence electrons. The molecule has 0 aliphatic carbocycles. The number of aromatic nitrogens is 3. The van der Waals surface area contributed by atoms with E-state index >= 15 is 0 Å². The van der Waals surface area contributed by atoms with E-state index in [-0.39, 0.29) is 6.61 Å². The smallest absolute Gasteiger partial charge is 0.332 e. The minimum absolute atomic E-state index is 0.193. The Balaban J connectivity index is 2.33. The molecule has 1 atom stereocenters. The molecule has 0 aromatic carbocycles. The zero-order valence-electron chi connectivity index (χ0n) is 10.4. The highest BCUT2D eigenvalue weighted by Crippen LogP contribution is 1.92. The fourth-order valence-electron chi connectivity index (χ4n) is 1.28. The summed E-state index contributed by atoms with van der Waals surface area (Å²) in [7, 11) is 1.81. The largest absolute Gasteiger partial charge is 0.464 e. The summed E-state index contributed by atoms with van der Waals surface area (Å²) in [5.41, 5.74) is 5.42. The van der Waals surface area contributed by atoms with E-state index in [4.69, 9.17) is 5.73 Å². The van der Waals surface area contributed by atoms with E-state index in [0.717, 1.165) is 5.82 Å². The van der Waals surface area contributed by atoms with Crippen LogP contribution < -0.4 is 11.1 Å². The average molecular weight is 255 g/mol. The van der Waals surface area contributed by atoms with Crippen LogP contribution in [-0.2, 0) is 27.8 Å². The standard InChI is InChI=1S/C10H17N5O3/c1-3-18-10(17)8(11)9(16)12-5-4-7-14-13-6-15(7)2/h6,8H,3-5,11H2,1-2H3,(H,12,16). The molecule has 1 aromatic rings. The maximum atomic E-state index is 11.5. The number of nitrogens with zero attached hydrogens (tertiary/aromatic N) is 3. The summed E-state index contributed by atoms with van der Waals surface area (Å²) in [6.07, 6.45) is 2.08. The first kappa shape index (κ1) is 14.1. The molecule has 18 heavy (non-hydrogen) atoms. The van der Waals surface area contributed by atoms with Gasteiger partial charge < -0.3 is 20.4 Å². The highest BCUT2D eigenvalue weighted by Gasteiger charge is 2.22. The summed E-state index contributed by atoms with van der Waals surface area (Å²) in [6, 6.07) is -1.29. The van der Waals surface area contributed by atoms with Gasteiger partial charge in [-0.05, 0) is 6.92 Å². The molecule has 3 N–H and O–H groups in total. The summed E-state index contributed by atoms with van der Waals surface area (Å²) in [6.45, 7) is 2.17. The molecule has 0 spiro atoms. The number of hydrogen-bond acceptors (Lipinski definition) is 6. The Morgan fingerprint density at radius 3 is 2.89 bits per heavy atom. The second-order valence-corrected chi connectivity index (χ2v) is 3.63.